The predicted molar refractivity (Wildman–Crippen MR) is 101 cm³/mol. The highest BCUT2D eigenvalue weighted by Crippen LogP contribution is 2.13. The summed E-state index contributed by atoms with van der Waals surface area (Å²) in [5.41, 5.74) is 3.98. The zero-order chi connectivity index (χ0) is 18.8. The fourth-order valence-corrected chi connectivity index (χ4v) is 2.83. The Kier molecular flexibility index (Phi) is 4.29. The van der Waals surface area contributed by atoms with Gasteiger partial charge in [0.05, 0.1) is 11.4 Å². The van der Waals surface area contributed by atoms with E-state index in [1.165, 1.54) is 0 Å². The van der Waals surface area contributed by atoms with E-state index >= 15 is 0 Å². The summed E-state index contributed by atoms with van der Waals surface area (Å²) in [6.07, 6.45) is 5.35. The number of anilines is 1. The van der Waals surface area contributed by atoms with Crippen molar-refractivity contribution >= 4 is 11.6 Å². The van der Waals surface area contributed by atoms with Gasteiger partial charge in [-0.3, -0.25) is 9.48 Å². The average Bonchev–Trinajstić information content (AvgIpc) is 3.38. The first-order chi connectivity index (χ1) is 13.1. The van der Waals surface area contributed by atoms with Gasteiger partial charge in [-0.2, -0.15) is 15.3 Å². The van der Waals surface area contributed by atoms with E-state index in [-0.39, 0.29) is 5.91 Å². The standard InChI is InChI=1S/C19H19N7O/c1-14-12-15(2)26(22-14)13-24-11-8-18(23-24)19(27)21-16-4-6-17(7-5-16)25-10-3-9-20-25/h3-12H,13H2,1-2H3,(H,21,27). The molecule has 136 valence electrons. The molecular formula is C19H19N7O. The first-order valence-corrected chi connectivity index (χ1v) is 8.54. The molecular weight excluding hydrogens is 342 g/mol. The number of benzene rings is 1. The molecule has 0 fully saturated rings. The summed E-state index contributed by atoms with van der Waals surface area (Å²) in [6, 6.07) is 13.0. The second kappa shape index (κ2) is 6.91. The highest BCUT2D eigenvalue weighted by Gasteiger charge is 2.11. The molecule has 0 aliphatic carbocycles. The fourth-order valence-electron chi connectivity index (χ4n) is 2.83. The molecule has 8 nitrogen and oxygen atoms in total. The molecule has 0 saturated carbocycles. The van der Waals surface area contributed by atoms with E-state index in [1.807, 2.05) is 61.1 Å². The molecule has 1 aromatic carbocycles. The van der Waals surface area contributed by atoms with Crippen LogP contribution in [0, 0.1) is 13.8 Å². The van der Waals surface area contributed by atoms with Crippen LogP contribution in [-0.4, -0.2) is 35.2 Å². The number of nitrogens with one attached hydrogen (secondary N) is 1. The SMILES string of the molecule is Cc1cc(C)n(Cn2ccc(C(=O)Nc3ccc(-n4cccn4)cc3)n2)n1. The third kappa shape index (κ3) is 3.64. The molecule has 0 radical (unpaired) electrons. The lowest BCUT2D eigenvalue weighted by Crippen LogP contribution is -2.15. The normalized spacial score (nSPS) is 10.9. The summed E-state index contributed by atoms with van der Waals surface area (Å²) in [5, 5.41) is 15.8. The second-order valence-electron chi connectivity index (χ2n) is 6.26. The van der Waals surface area contributed by atoms with Crippen LogP contribution < -0.4 is 5.32 Å². The quantitative estimate of drug-likeness (QED) is 0.592. The molecule has 3 heterocycles. The summed E-state index contributed by atoms with van der Waals surface area (Å²) in [5.74, 6) is -0.256. The van der Waals surface area contributed by atoms with Crippen molar-refractivity contribution in [2.45, 2.75) is 20.5 Å². The first-order valence-electron chi connectivity index (χ1n) is 8.54. The van der Waals surface area contributed by atoms with E-state index in [0.717, 1.165) is 17.1 Å². The average molecular weight is 361 g/mol. The van der Waals surface area contributed by atoms with Crippen LogP contribution in [0.25, 0.3) is 5.69 Å². The van der Waals surface area contributed by atoms with Gasteiger partial charge in [0.15, 0.2) is 5.69 Å². The molecule has 3 aromatic heterocycles. The molecule has 0 unspecified atom stereocenters. The number of aromatic nitrogens is 6. The van der Waals surface area contributed by atoms with Crippen LogP contribution >= 0.6 is 0 Å². The number of nitrogens with zero attached hydrogens (tertiary/aromatic N) is 6. The van der Waals surface area contributed by atoms with E-state index in [9.17, 15) is 4.79 Å². The Morgan fingerprint density at radius 3 is 2.56 bits per heavy atom. The monoisotopic (exact) mass is 361 g/mol. The maximum absolute atomic E-state index is 12.4. The molecule has 0 atom stereocenters. The Bertz CT molecular complexity index is 1060. The fraction of sp³-hybridized carbons (Fsp3) is 0.158. The zero-order valence-corrected chi connectivity index (χ0v) is 15.1. The Hall–Kier alpha value is -3.68. The minimum atomic E-state index is -0.256. The first kappa shape index (κ1) is 16.8. The van der Waals surface area contributed by atoms with Gasteiger partial charge in [0.25, 0.3) is 5.91 Å². The summed E-state index contributed by atoms with van der Waals surface area (Å²) in [4.78, 5) is 12.4. The van der Waals surface area contributed by atoms with E-state index in [1.54, 1.807) is 27.8 Å². The van der Waals surface area contributed by atoms with E-state index in [0.29, 0.717) is 18.1 Å². The van der Waals surface area contributed by atoms with Gasteiger partial charge in [0, 0.05) is 30.0 Å². The smallest absolute Gasteiger partial charge is 0.276 e. The van der Waals surface area contributed by atoms with Crippen molar-refractivity contribution in [3.05, 3.63) is 78.1 Å². The van der Waals surface area contributed by atoms with Gasteiger partial charge >= 0.3 is 0 Å². The Morgan fingerprint density at radius 1 is 1.07 bits per heavy atom. The van der Waals surface area contributed by atoms with Gasteiger partial charge in [-0.25, -0.2) is 9.36 Å². The topological polar surface area (TPSA) is 82.6 Å². The predicted octanol–water partition coefficient (Wildman–Crippen LogP) is 2.64. The van der Waals surface area contributed by atoms with E-state index in [4.69, 9.17) is 0 Å². The van der Waals surface area contributed by atoms with Crippen molar-refractivity contribution < 1.29 is 4.79 Å². The van der Waals surface area contributed by atoms with Gasteiger partial charge in [0.2, 0.25) is 0 Å². The summed E-state index contributed by atoms with van der Waals surface area (Å²) in [6.45, 7) is 4.40. The van der Waals surface area contributed by atoms with E-state index in [2.05, 4.69) is 20.6 Å². The number of rotatable bonds is 5. The van der Waals surface area contributed by atoms with Crippen molar-refractivity contribution in [3.8, 4) is 5.69 Å². The molecule has 1 N–H and O–H groups in total. The van der Waals surface area contributed by atoms with Crippen molar-refractivity contribution in [2.24, 2.45) is 0 Å². The van der Waals surface area contributed by atoms with Crippen LogP contribution in [0.4, 0.5) is 5.69 Å². The van der Waals surface area contributed by atoms with Crippen LogP contribution in [0.15, 0.2) is 61.1 Å². The molecule has 0 aliphatic rings. The molecule has 0 aliphatic heterocycles. The van der Waals surface area contributed by atoms with E-state index < -0.39 is 0 Å². The van der Waals surface area contributed by atoms with Crippen LogP contribution in [0.5, 0.6) is 0 Å². The number of hydrogen-bond donors (Lipinski definition) is 1. The number of amides is 1. The molecule has 0 saturated heterocycles. The molecule has 27 heavy (non-hydrogen) atoms. The minimum absolute atomic E-state index is 0.256. The summed E-state index contributed by atoms with van der Waals surface area (Å²) >= 11 is 0. The van der Waals surface area contributed by atoms with Crippen molar-refractivity contribution in [3.63, 3.8) is 0 Å². The van der Waals surface area contributed by atoms with Gasteiger partial charge < -0.3 is 5.32 Å². The lowest BCUT2D eigenvalue weighted by atomic mass is 10.2. The van der Waals surface area contributed by atoms with Crippen LogP contribution in [0.3, 0.4) is 0 Å². The Morgan fingerprint density at radius 2 is 1.89 bits per heavy atom. The molecule has 1 amide bonds. The second-order valence-corrected chi connectivity index (χ2v) is 6.26. The highest BCUT2D eigenvalue weighted by atomic mass is 16.1. The van der Waals surface area contributed by atoms with Gasteiger partial charge in [-0.15, -0.1) is 0 Å². The largest absolute Gasteiger partial charge is 0.321 e. The number of carbonyl (C=O) groups excluding carboxylic acids is 1. The van der Waals surface area contributed by atoms with Crippen LogP contribution in [-0.2, 0) is 6.67 Å². The number of aryl methyl sites for hydroxylation is 2. The molecule has 8 heteroatoms. The van der Waals surface area contributed by atoms with Gasteiger partial charge in [0.1, 0.15) is 6.67 Å². The van der Waals surface area contributed by atoms with Gasteiger partial charge in [-0.05, 0) is 56.3 Å². The zero-order valence-electron chi connectivity index (χ0n) is 15.1. The Labute approximate surface area is 156 Å². The number of hydrogen-bond acceptors (Lipinski definition) is 4. The van der Waals surface area contributed by atoms with Gasteiger partial charge in [-0.1, -0.05) is 0 Å². The lowest BCUT2D eigenvalue weighted by molar-refractivity contribution is 0.102. The third-order valence-electron chi connectivity index (χ3n) is 4.15. The third-order valence-corrected chi connectivity index (χ3v) is 4.15. The maximum Gasteiger partial charge on any atom is 0.276 e. The van der Waals surface area contributed by atoms with Crippen LogP contribution in [0.1, 0.15) is 21.9 Å². The minimum Gasteiger partial charge on any atom is -0.321 e. The van der Waals surface area contributed by atoms with Crippen molar-refractivity contribution in [1.82, 2.24) is 29.3 Å². The lowest BCUT2D eigenvalue weighted by Gasteiger charge is -2.06. The molecule has 0 bridgehead atoms. The van der Waals surface area contributed by atoms with Crippen molar-refractivity contribution in [1.29, 1.82) is 0 Å². The molecule has 4 aromatic rings. The molecule has 0 spiro atoms. The van der Waals surface area contributed by atoms with Crippen molar-refractivity contribution in [2.75, 3.05) is 5.32 Å². The highest BCUT2D eigenvalue weighted by molar-refractivity contribution is 6.02. The maximum atomic E-state index is 12.4. The number of carbonyl (C=O) groups is 1. The van der Waals surface area contributed by atoms with Crippen LogP contribution in [0.2, 0.25) is 0 Å². The Balaban J connectivity index is 1.43. The summed E-state index contributed by atoms with van der Waals surface area (Å²) in [7, 11) is 0. The summed E-state index contributed by atoms with van der Waals surface area (Å²) < 4.78 is 5.29. The molecule has 4 rings (SSSR count).